The highest BCUT2D eigenvalue weighted by Crippen LogP contribution is 2.64. The third-order valence-electron chi connectivity index (χ3n) is 4.87. The number of hydrogen-bond donors (Lipinski definition) is 2. The van der Waals surface area contributed by atoms with Gasteiger partial charge in [-0.15, -0.1) is 0 Å². The van der Waals surface area contributed by atoms with Gasteiger partial charge in [-0.25, -0.2) is 9.59 Å². The lowest BCUT2D eigenvalue weighted by Gasteiger charge is -2.42. The monoisotopic (exact) mass is 604 g/mol. The molecule has 0 aliphatic rings. The minimum absolute atomic E-state index is 0.896. The van der Waals surface area contributed by atoms with E-state index in [-0.39, 0.29) is 0 Å². The Balaban J connectivity index is 6.78. The Kier molecular flexibility index (Phi) is 9.25. The van der Waals surface area contributed by atoms with Gasteiger partial charge in [0.25, 0.3) is 0 Å². The van der Waals surface area contributed by atoms with Gasteiger partial charge < -0.3 is 10.2 Å². The van der Waals surface area contributed by atoms with Crippen LogP contribution in [0, 0.1) is 5.92 Å². The van der Waals surface area contributed by atoms with Gasteiger partial charge in [-0.1, -0.05) is 13.8 Å². The molecule has 0 aliphatic carbocycles. The number of carbonyl (C=O) groups is 2. The van der Waals surface area contributed by atoms with E-state index in [1.807, 2.05) is 0 Å². The smallest absolute Gasteiger partial charge is 0.460 e. The second kappa shape index (κ2) is 9.91. The minimum Gasteiger partial charge on any atom is -0.478 e. The number of rotatable bonds is 12. The molecular formula is C17H13F17O4. The Labute approximate surface area is 199 Å². The van der Waals surface area contributed by atoms with Crippen LogP contribution < -0.4 is 0 Å². The molecule has 38 heavy (non-hydrogen) atoms. The first kappa shape index (κ1) is 35.5. The Morgan fingerprint density at radius 1 is 0.553 bits per heavy atom. The summed E-state index contributed by atoms with van der Waals surface area (Å²) in [5.41, 5.74) is -3.02. The molecule has 0 rings (SSSR count). The normalized spacial score (nSPS) is 16.0. The lowest BCUT2D eigenvalue weighted by molar-refractivity contribution is -0.461. The molecule has 224 valence electrons. The highest BCUT2D eigenvalue weighted by Gasteiger charge is 2.95. The van der Waals surface area contributed by atoms with Gasteiger partial charge in [0.2, 0.25) is 0 Å². The molecule has 0 radical (unpaired) electrons. The van der Waals surface area contributed by atoms with Crippen LogP contribution in [-0.4, -0.2) is 69.8 Å². The third-order valence-corrected chi connectivity index (χ3v) is 4.87. The van der Waals surface area contributed by atoms with E-state index in [1.165, 1.54) is 0 Å². The van der Waals surface area contributed by atoms with Crippen LogP contribution in [0.4, 0.5) is 74.6 Å². The van der Waals surface area contributed by atoms with E-state index in [1.54, 1.807) is 0 Å². The van der Waals surface area contributed by atoms with Crippen LogP contribution in [0.25, 0.3) is 0 Å². The van der Waals surface area contributed by atoms with Crippen molar-refractivity contribution in [1.82, 2.24) is 0 Å². The minimum atomic E-state index is -8.78. The molecule has 0 unspecified atom stereocenters. The first-order valence-electron chi connectivity index (χ1n) is 9.22. The van der Waals surface area contributed by atoms with Crippen molar-refractivity contribution in [1.29, 1.82) is 0 Å². The Morgan fingerprint density at radius 3 is 1.13 bits per heavy atom. The molecule has 0 saturated heterocycles. The van der Waals surface area contributed by atoms with Crippen molar-refractivity contribution in [2.24, 2.45) is 5.92 Å². The third kappa shape index (κ3) is 5.20. The predicted octanol–water partition coefficient (Wildman–Crippen LogP) is 6.90. The zero-order valence-electron chi connectivity index (χ0n) is 18.1. The van der Waals surface area contributed by atoms with E-state index >= 15 is 0 Å². The zero-order valence-corrected chi connectivity index (χ0v) is 18.1. The molecule has 0 amide bonds. The van der Waals surface area contributed by atoms with E-state index in [2.05, 4.69) is 0 Å². The average Bonchev–Trinajstić information content (AvgIpc) is 2.68. The van der Waals surface area contributed by atoms with Gasteiger partial charge in [-0.3, -0.25) is 0 Å². The van der Waals surface area contributed by atoms with Gasteiger partial charge in [0.05, 0.1) is 0 Å². The van der Waals surface area contributed by atoms with Crippen molar-refractivity contribution in [2.45, 2.75) is 74.3 Å². The fourth-order valence-corrected chi connectivity index (χ4v) is 2.72. The molecule has 0 aromatic carbocycles. The summed E-state index contributed by atoms with van der Waals surface area (Å²) in [6.07, 6.45) is -13.1. The summed E-state index contributed by atoms with van der Waals surface area (Å²) in [5.74, 6) is -63.8. The number of aliphatic carboxylic acids is 2. The Hall–Kier alpha value is -2.51. The summed E-state index contributed by atoms with van der Waals surface area (Å²) in [7, 11) is 0. The SMILES string of the molecule is CC(C)/C(C(=O)O)=C(/CCC(F)(F)C(F)(F)C(F)(F)C(F)(F)C(F)(F)C(F)(F)C(F)(F)C(F)(F)F)C(=O)O. The van der Waals surface area contributed by atoms with Crippen molar-refractivity contribution in [3.8, 4) is 0 Å². The van der Waals surface area contributed by atoms with Gasteiger partial charge in [-0.2, -0.15) is 74.6 Å². The number of hydrogen-bond acceptors (Lipinski definition) is 2. The van der Waals surface area contributed by atoms with Crippen molar-refractivity contribution in [3.63, 3.8) is 0 Å². The quantitative estimate of drug-likeness (QED) is 0.188. The lowest BCUT2D eigenvalue weighted by Crippen LogP contribution is -2.74. The average molecular weight is 604 g/mol. The van der Waals surface area contributed by atoms with E-state index in [9.17, 15) is 84.2 Å². The number of halogens is 17. The molecule has 0 fully saturated rings. The molecular weight excluding hydrogens is 591 g/mol. The summed E-state index contributed by atoms with van der Waals surface area (Å²) in [4.78, 5) is 22.2. The highest BCUT2D eigenvalue weighted by atomic mass is 19.4. The molecule has 4 nitrogen and oxygen atoms in total. The first-order valence-corrected chi connectivity index (χ1v) is 9.22. The maximum Gasteiger partial charge on any atom is 0.460 e. The lowest BCUT2D eigenvalue weighted by atomic mass is 9.86. The second-order valence-corrected chi connectivity index (χ2v) is 7.81. The maximum absolute atomic E-state index is 13.9. The molecule has 0 aliphatic heterocycles. The summed E-state index contributed by atoms with van der Waals surface area (Å²) in [6, 6.07) is 0. The van der Waals surface area contributed by atoms with Crippen LogP contribution in [0.3, 0.4) is 0 Å². The predicted molar refractivity (Wildman–Crippen MR) is 87.1 cm³/mol. The van der Waals surface area contributed by atoms with Gasteiger partial charge in [0.1, 0.15) is 0 Å². The van der Waals surface area contributed by atoms with E-state index in [0.717, 1.165) is 13.8 Å². The summed E-state index contributed by atoms with van der Waals surface area (Å²) in [5, 5.41) is 17.8. The van der Waals surface area contributed by atoms with Crippen molar-refractivity contribution < 1.29 is 94.4 Å². The fourth-order valence-electron chi connectivity index (χ4n) is 2.72. The molecule has 0 aromatic rings. The van der Waals surface area contributed by atoms with Crippen molar-refractivity contribution in [2.75, 3.05) is 0 Å². The molecule has 0 atom stereocenters. The number of carboxylic acid groups (broad SMARTS) is 2. The van der Waals surface area contributed by atoms with Crippen LogP contribution in [0.2, 0.25) is 0 Å². The van der Waals surface area contributed by atoms with Crippen LogP contribution in [0.1, 0.15) is 26.7 Å². The number of alkyl halides is 17. The van der Waals surface area contributed by atoms with Crippen LogP contribution >= 0.6 is 0 Å². The highest BCUT2D eigenvalue weighted by molar-refractivity contribution is 5.99. The van der Waals surface area contributed by atoms with E-state index < -0.39 is 89.5 Å². The molecule has 0 aromatic heterocycles. The summed E-state index contributed by atoms with van der Waals surface area (Å²) >= 11 is 0. The van der Waals surface area contributed by atoms with Gasteiger partial charge in [-0.05, 0) is 12.3 Å². The van der Waals surface area contributed by atoms with Crippen LogP contribution in [0.5, 0.6) is 0 Å². The zero-order chi connectivity index (χ0) is 31.3. The van der Waals surface area contributed by atoms with Gasteiger partial charge in [0, 0.05) is 17.6 Å². The summed E-state index contributed by atoms with van der Waals surface area (Å²) in [6.45, 7) is 1.79. The molecule has 0 saturated carbocycles. The van der Waals surface area contributed by atoms with Gasteiger partial charge >= 0.3 is 59.6 Å². The van der Waals surface area contributed by atoms with E-state index in [4.69, 9.17) is 10.2 Å². The Bertz CT molecular complexity index is 947. The first-order chi connectivity index (χ1) is 16.3. The van der Waals surface area contributed by atoms with E-state index in [0.29, 0.717) is 0 Å². The van der Waals surface area contributed by atoms with Crippen molar-refractivity contribution in [3.05, 3.63) is 11.1 Å². The summed E-state index contributed by atoms with van der Waals surface area (Å²) < 4.78 is 225. The molecule has 2 N–H and O–H groups in total. The fraction of sp³-hybridized carbons (Fsp3) is 0.765. The topological polar surface area (TPSA) is 74.6 Å². The molecule has 0 spiro atoms. The van der Waals surface area contributed by atoms with Gasteiger partial charge in [0.15, 0.2) is 0 Å². The Morgan fingerprint density at radius 2 is 0.868 bits per heavy atom. The van der Waals surface area contributed by atoms with Crippen molar-refractivity contribution >= 4 is 11.9 Å². The number of carboxylic acids is 2. The standard InChI is InChI=1S/C17H13F17O4/c1-5(2)7(9(37)38)6(8(35)36)3-4-10(18,19)11(20,21)12(22,23)13(24,25)14(26,27)15(28,29)16(30,31)17(32,33)34/h5H,3-4H2,1-2H3,(H,35,36)(H,37,38)/b7-6+. The van der Waals surface area contributed by atoms with Crippen LogP contribution in [0.15, 0.2) is 11.1 Å². The molecule has 21 heteroatoms. The maximum atomic E-state index is 13.9. The second-order valence-electron chi connectivity index (χ2n) is 7.81. The molecule has 0 bridgehead atoms. The van der Waals surface area contributed by atoms with Crippen LogP contribution in [-0.2, 0) is 9.59 Å². The largest absolute Gasteiger partial charge is 0.478 e. The molecule has 0 heterocycles.